The highest BCUT2D eigenvalue weighted by Gasteiger charge is 2.59. The minimum atomic E-state index is -5.59. The number of rotatable bonds is 24. The number of imidazole rings is 1. The number of carbonyl (C=O) groups excluding carboxylic acids is 4. The summed E-state index contributed by atoms with van der Waals surface area (Å²) in [6.07, 6.45) is 7.76. The van der Waals surface area contributed by atoms with Crippen LogP contribution in [0.15, 0.2) is 36.0 Å². The van der Waals surface area contributed by atoms with E-state index in [2.05, 4.69) is 55.2 Å². The van der Waals surface area contributed by atoms with E-state index in [0.29, 0.717) is 46.7 Å². The smallest absolute Gasteiger partial charge is 0.386 e. The Labute approximate surface area is 451 Å². The third-order valence-electron chi connectivity index (χ3n) is 16.9. The summed E-state index contributed by atoms with van der Waals surface area (Å²) in [6, 6.07) is 0. The van der Waals surface area contributed by atoms with Gasteiger partial charge < -0.3 is 50.9 Å². The van der Waals surface area contributed by atoms with Gasteiger partial charge in [0.15, 0.2) is 23.5 Å². The topological polar surface area (TPSA) is 381 Å². The second-order valence-electron chi connectivity index (χ2n) is 22.3. The highest BCUT2D eigenvalue weighted by atomic mass is 32.2. The Bertz CT molecular complexity index is 2740. The zero-order valence-corrected chi connectivity index (χ0v) is 47.6. The van der Waals surface area contributed by atoms with E-state index in [1.54, 1.807) is 0 Å². The summed E-state index contributed by atoms with van der Waals surface area (Å²) in [4.78, 5) is 102. The molecule has 1 aliphatic heterocycles. The van der Waals surface area contributed by atoms with Crippen LogP contribution in [0.5, 0.6) is 0 Å². The molecule has 7 rings (SSSR count). The highest BCUT2D eigenvalue weighted by Crippen LogP contribution is 2.68. The Balaban J connectivity index is 0.773. The Hall–Kier alpha value is -3.29. The predicted molar refractivity (Wildman–Crippen MR) is 279 cm³/mol. The lowest BCUT2D eigenvalue weighted by molar-refractivity contribution is -0.137. The number of ketones is 1. The SMILES string of the molecule is C/C(=C\CC[C@@H](C)[C@H]1CC[C@H]2[C@@H]3CCC4=CC(=O)CC[C@]4(C)[C@H]3CC[C@]12C)C(=O)SCCNC(=O)CCNC(=O)[C@H](O)C(C)(C)COP(=O)(O)OP(=O)(O)OC[C@H]1O[C@@H](n2cnc3c(N)ncnc32)[C@H](O)[C@@H]1OP(=O)(O)O. The van der Waals surface area contributed by atoms with Crippen molar-refractivity contribution >= 4 is 74.9 Å². The van der Waals surface area contributed by atoms with Gasteiger partial charge >= 0.3 is 23.5 Å². The number of hydrogen-bond donors (Lipinski definition) is 9. The highest BCUT2D eigenvalue weighted by molar-refractivity contribution is 8.14. The molecule has 4 fully saturated rings. The molecule has 0 aromatic carbocycles. The number of aromatic nitrogens is 4. The first-order chi connectivity index (χ1) is 35.9. The monoisotopic (exact) mass is 1160 g/mol. The molecule has 0 spiro atoms. The van der Waals surface area contributed by atoms with Crippen molar-refractivity contribution in [2.24, 2.45) is 45.8 Å². The van der Waals surface area contributed by atoms with Gasteiger partial charge in [-0.2, -0.15) is 4.31 Å². The van der Waals surface area contributed by atoms with Crippen LogP contribution in [0.3, 0.4) is 0 Å². The Morgan fingerprint density at radius 2 is 1.73 bits per heavy atom. The summed E-state index contributed by atoms with van der Waals surface area (Å²) in [5.74, 6) is 2.45. The second kappa shape index (κ2) is 24.4. The number of carbonyl (C=O) groups is 4. The van der Waals surface area contributed by atoms with Crippen molar-refractivity contribution in [3.8, 4) is 0 Å². The van der Waals surface area contributed by atoms with Gasteiger partial charge in [-0.15, -0.1) is 0 Å². The maximum absolute atomic E-state index is 13.0. The number of aliphatic hydroxyl groups is 2. The molecule has 25 nitrogen and oxygen atoms in total. The normalized spacial score (nSPS) is 31.0. The first-order valence-corrected chi connectivity index (χ1v) is 31.4. The van der Waals surface area contributed by atoms with E-state index in [0.717, 1.165) is 66.5 Å². The fraction of sp³-hybridized carbons (Fsp3) is 0.729. The number of nitrogens with zero attached hydrogens (tertiary/aromatic N) is 4. The number of ether oxygens (including phenoxy) is 1. The zero-order chi connectivity index (χ0) is 56.5. The second-order valence-corrected chi connectivity index (χ2v) is 27.6. The number of fused-ring (bicyclic) bond motifs is 6. The summed E-state index contributed by atoms with van der Waals surface area (Å²) in [5.41, 5.74) is 6.83. The molecule has 3 saturated carbocycles. The molecule has 0 bridgehead atoms. The lowest BCUT2D eigenvalue weighted by atomic mass is 9.46. The van der Waals surface area contributed by atoms with Crippen molar-refractivity contribution < 1.29 is 85.3 Å². The van der Waals surface area contributed by atoms with Crippen LogP contribution in [0, 0.1) is 45.8 Å². The summed E-state index contributed by atoms with van der Waals surface area (Å²) >= 11 is 1.10. The van der Waals surface area contributed by atoms with Gasteiger partial charge in [-0.1, -0.05) is 58.0 Å². The average Bonchev–Trinajstić information content (AvgIpc) is 4.21. The van der Waals surface area contributed by atoms with E-state index in [4.69, 9.17) is 19.5 Å². The maximum Gasteiger partial charge on any atom is 0.481 e. The minimum Gasteiger partial charge on any atom is -0.386 e. The molecule has 4 aliphatic carbocycles. The van der Waals surface area contributed by atoms with Crippen LogP contribution in [-0.4, -0.2) is 128 Å². The van der Waals surface area contributed by atoms with Crippen molar-refractivity contribution in [3.05, 3.63) is 36.0 Å². The lowest BCUT2D eigenvalue weighted by Crippen LogP contribution is -2.50. The van der Waals surface area contributed by atoms with Crippen molar-refractivity contribution in [1.29, 1.82) is 0 Å². The summed E-state index contributed by atoms with van der Waals surface area (Å²) in [5, 5.41) is 26.7. The average molecular weight is 1160 g/mol. The van der Waals surface area contributed by atoms with Crippen LogP contribution < -0.4 is 16.4 Å². The van der Waals surface area contributed by atoms with Crippen molar-refractivity contribution in [2.75, 3.05) is 37.8 Å². The van der Waals surface area contributed by atoms with E-state index < -0.39 is 84.6 Å². The number of nitrogens with two attached hydrogens (primary N) is 1. The molecule has 2 amide bonds. The van der Waals surface area contributed by atoms with Crippen LogP contribution in [0.4, 0.5) is 5.82 Å². The molecule has 29 heteroatoms. The van der Waals surface area contributed by atoms with Crippen LogP contribution >= 0.6 is 35.2 Å². The molecule has 3 heterocycles. The first kappa shape index (κ1) is 61.3. The van der Waals surface area contributed by atoms with Crippen molar-refractivity contribution in [1.82, 2.24) is 30.2 Å². The number of phosphoric acid groups is 3. The first-order valence-electron chi connectivity index (χ1n) is 25.9. The molecule has 10 N–H and O–H groups in total. The predicted octanol–water partition coefficient (Wildman–Crippen LogP) is 5.18. The lowest BCUT2D eigenvalue weighted by Gasteiger charge is -2.58. The molecule has 0 radical (unpaired) electrons. The van der Waals surface area contributed by atoms with Gasteiger partial charge in [0.1, 0.15) is 36.3 Å². The molecule has 14 atom stereocenters. The van der Waals surface area contributed by atoms with Gasteiger partial charge in [0.2, 0.25) is 16.9 Å². The molecule has 2 aromatic heterocycles. The standard InChI is InChI=1S/C48H74N7O18P3S/c1-27(32-12-13-33-31-11-10-29-22-30(56)14-17-47(29,5)34(31)15-18-48(32,33)6)8-7-9-28(2)45(61)77-21-20-50-36(57)16-19-51-43(60)40(59)46(3,4)24-70-76(67,68)73-75(65,66)69-23-35-39(72-74(62,63)64)38(58)44(71-35)55-26-54-37-41(49)52-25-53-42(37)55/h9,22,25-27,31-35,38-40,44,58-59H,7-8,10-21,23-24H2,1-6H3,(H,50,57)(H,51,60)(H,65,66)(H,67,68)(H2,49,52,53)(H2,62,63,64)/b28-9+/t27-,31+,32-,33+,34+,35-,38-,39-,40+,44-,47+,48-/m1/s1. The number of amides is 2. The van der Waals surface area contributed by atoms with E-state index in [9.17, 15) is 62.7 Å². The third kappa shape index (κ3) is 14.4. The Morgan fingerprint density at radius 1 is 1.00 bits per heavy atom. The quantitative estimate of drug-likeness (QED) is 0.0371. The van der Waals surface area contributed by atoms with Crippen LogP contribution in [0.25, 0.3) is 11.2 Å². The fourth-order valence-corrected chi connectivity index (χ4v) is 16.3. The van der Waals surface area contributed by atoms with E-state index in [1.165, 1.54) is 51.5 Å². The number of nitrogens with one attached hydrogen (secondary N) is 2. The van der Waals surface area contributed by atoms with Crippen molar-refractivity contribution in [3.63, 3.8) is 0 Å². The molecule has 2 aromatic rings. The number of anilines is 1. The molecule has 430 valence electrons. The molecule has 1 saturated heterocycles. The number of phosphoric ester groups is 3. The number of allylic oxidation sites excluding steroid dienone is 2. The minimum absolute atomic E-state index is 0.0299. The Morgan fingerprint density at radius 3 is 2.45 bits per heavy atom. The summed E-state index contributed by atoms with van der Waals surface area (Å²) in [7, 11) is -16.5. The van der Waals surface area contributed by atoms with Crippen LogP contribution in [-0.2, 0) is 55.5 Å². The van der Waals surface area contributed by atoms with E-state index >= 15 is 0 Å². The zero-order valence-electron chi connectivity index (χ0n) is 44.1. The molecule has 77 heavy (non-hydrogen) atoms. The van der Waals surface area contributed by atoms with Crippen LogP contribution in [0.1, 0.15) is 118 Å². The van der Waals surface area contributed by atoms with Gasteiger partial charge in [-0.25, -0.2) is 28.6 Å². The van der Waals surface area contributed by atoms with Gasteiger partial charge in [0.05, 0.1) is 19.5 Å². The number of thioether (sulfide) groups is 1. The number of hydrogen-bond acceptors (Lipinski definition) is 19. The largest absolute Gasteiger partial charge is 0.481 e. The van der Waals surface area contributed by atoms with Gasteiger partial charge in [-0.3, -0.25) is 37.3 Å². The summed E-state index contributed by atoms with van der Waals surface area (Å²) < 4.78 is 62.8. The van der Waals surface area contributed by atoms with Crippen molar-refractivity contribution in [2.45, 2.75) is 143 Å². The maximum atomic E-state index is 13.0. The molecule has 2 unspecified atom stereocenters. The summed E-state index contributed by atoms with van der Waals surface area (Å²) in [6.45, 7) is 9.64. The third-order valence-corrected chi connectivity index (χ3v) is 20.9. The Kier molecular flexibility index (Phi) is 19.5. The molecular weight excluding hydrogens is 1090 g/mol. The van der Waals surface area contributed by atoms with Crippen LogP contribution in [0.2, 0.25) is 0 Å². The molecule has 5 aliphatic rings. The molecular formula is C48H74N7O18P3S. The van der Waals surface area contributed by atoms with E-state index in [-0.39, 0.29) is 47.0 Å². The van der Waals surface area contributed by atoms with E-state index in [1.807, 2.05) is 19.1 Å². The number of aliphatic hydroxyl groups excluding tert-OH is 2. The van der Waals surface area contributed by atoms with Gasteiger partial charge in [0.25, 0.3) is 0 Å². The van der Waals surface area contributed by atoms with Gasteiger partial charge in [-0.05, 0) is 117 Å². The van der Waals surface area contributed by atoms with Gasteiger partial charge in [0, 0.05) is 37.1 Å². The fourth-order valence-electron chi connectivity index (χ4n) is 12.8. The number of nitrogen functional groups attached to an aromatic ring is 1.